The van der Waals surface area contributed by atoms with E-state index in [0.717, 1.165) is 0 Å². The highest BCUT2D eigenvalue weighted by Crippen LogP contribution is 2.39. The summed E-state index contributed by atoms with van der Waals surface area (Å²) in [5.74, 6) is -12.9. The van der Waals surface area contributed by atoms with Crippen LogP contribution in [0.15, 0.2) is 35.3 Å². The van der Waals surface area contributed by atoms with Crippen LogP contribution in [0.25, 0.3) is 11.1 Å². The van der Waals surface area contributed by atoms with Gasteiger partial charge in [0, 0.05) is 16.7 Å². The number of hydrogen-bond donors (Lipinski definition) is 2. The number of aliphatic carboxylic acids is 1. The summed E-state index contributed by atoms with van der Waals surface area (Å²) in [6.45, 7) is 0. The van der Waals surface area contributed by atoms with Crippen molar-refractivity contribution in [1.29, 1.82) is 0 Å². The molecule has 2 aromatic carbocycles. The number of rotatable bonds is 5. The van der Waals surface area contributed by atoms with E-state index < -0.39 is 88.9 Å². The molecule has 1 aliphatic carbocycles. The average Bonchev–Trinajstić information content (AvgIpc) is 3.29. The van der Waals surface area contributed by atoms with Gasteiger partial charge in [0.15, 0.2) is 23.3 Å². The number of hydrogen-bond acceptors (Lipinski definition) is 3. The Morgan fingerprint density at radius 1 is 1.07 bits per heavy atom. The molecule has 1 amide bonds. The van der Waals surface area contributed by atoms with Crippen molar-refractivity contribution in [2.75, 3.05) is 12.4 Å². The normalized spacial score (nSPS) is 17.4. The van der Waals surface area contributed by atoms with Crippen molar-refractivity contribution < 1.29 is 46.6 Å². The van der Waals surface area contributed by atoms with Crippen LogP contribution in [-0.2, 0) is 9.59 Å². The Kier molecular flexibility index (Phi) is 3.55. The maximum absolute atomic E-state index is 15.1. The molecule has 0 radical (unpaired) electrons. The second-order valence-corrected chi connectivity index (χ2v) is 5.88. The number of carbonyl (C=O) groups is 2. The fourth-order valence-electron chi connectivity index (χ4n) is 2.93. The fraction of sp³-hybridized carbons (Fsp3) is 0.200. The second-order valence-electron chi connectivity index (χ2n) is 5.88. The minimum absolute atomic E-state index is 0.0137. The maximum atomic E-state index is 15.1. The number of carboxylic acid groups (broad SMARTS) is 1. The SMILES string of the molecule is [2H]c1c([2H])c([2H])c(-c2c(F)c(F)c(NC(=O)C3=C(C(=O)O)CCC3)c(F)c2F)c(OC([2H])([2H])[2H])c1[2H]. The average molecular weight is 416 g/mol. The van der Waals surface area contributed by atoms with E-state index in [1.165, 1.54) is 0 Å². The van der Waals surface area contributed by atoms with E-state index in [1.54, 1.807) is 5.32 Å². The number of methoxy groups -OCH3 is 1. The standard InChI is InChI=1S/C20H15F4NO4/c1-29-12-8-3-2-5-11(12)13-14(21)16(23)18(17(24)15(13)22)25-19(26)9-6-4-7-10(9)20(27)28/h2-3,5,8H,4,6-7H2,1H3,(H,25,26)(H,27,28)/i1D3,2D,3D,5D,8D. The summed E-state index contributed by atoms with van der Waals surface area (Å²) >= 11 is 0. The van der Waals surface area contributed by atoms with Crippen LogP contribution in [0.3, 0.4) is 0 Å². The Hall–Kier alpha value is -3.36. The minimum Gasteiger partial charge on any atom is -0.496 e. The van der Waals surface area contributed by atoms with Crippen LogP contribution in [0.5, 0.6) is 5.75 Å². The number of nitrogens with one attached hydrogen (secondary N) is 1. The predicted molar refractivity (Wildman–Crippen MR) is 95.4 cm³/mol. The first-order valence-electron chi connectivity index (χ1n) is 11.5. The quantitative estimate of drug-likeness (QED) is 0.559. The Labute approximate surface area is 172 Å². The molecule has 0 heterocycles. The number of amides is 1. The van der Waals surface area contributed by atoms with Crippen molar-refractivity contribution in [3.8, 4) is 16.9 Å². The molecule has 9 heteroatoms. The van der Waals surface area contributed by atoms with Crippen LogP contribution in [-0.4, -0.2) is 24.0 Å². The highest BCUT2D eigenvalue weighted by molar-refractivity contribution is 6.09. The van der Waals surface area contributed by atoms with Gasteiger partial charge in [0.2, 0.25) is 0 Å². The number of ether oxygens (including phenoxy) is 1. The lowest BCUT2D eigenvalue weighted by atomic mass is 10.0. The van der Waals surface area contributed by atoms with E-state index in [1.807, 2.05) is 0 Å². The summed E-state index contributed by atoms with van der Waals surface area (Å²) in [4.78, 5) is 23.6. The summed E-state index contributed by atoms with van der Waals surface area (Å²) in [7, 11) is -3.39. The third-order valence-corrected chi connectivity index (χ3v) is 4.26. The molecular formula is C20H15F4NO4. The maximum Gasteiger partial charge on any atom is 0.332 e. The van der Waals surface area contributed by atoms with Gasteiger partial charge in [-0.25, -0.2) is 22.4 Å². The largest absolute Gasteiger partial charge is 0.496 e. The number of halogens is 4. The predicted octanol–water partition coefficient (Wildman–Crippen LogP) is 4.42. The molecule has 29 heavy (non-hydrogen) atoms. The molecule has 0 aliphatic heterocycles. The topological polar surface area (TPSA) is 75.6 Å². The molecule has 0 bridgehead atoms. The molecule has 3 rings (SSSR count). The van der Waals surface area contributed by atoms with Crippen molar-refractivity contribution in [3.63, 3.8) is 0 Å². The Balaban J connectivity index is 2.25. The van der Waals surface area contributed by atoms with Crippen molar-refractivity contribution in [1.82, 2.24) is 0 Å². The molecule has 0 fully saturated rings. The molecule has 0 unspecified atom stereocenters. The van der Waals surface area contributed by atoms with Gasteiger partial charge < -0.3 is 15.2 Å². The molecule has 152 valence electrons. The Bertz CT molecular complexity index is 1320. The molecule has 2 N–H and O–H groups in total. The van der Waals surface area contributed by atoms with Crippen LogP contribution in [0.2, 0.25) is 0 Å². The lowest BCUT2D eigenvalue weighted by Gasteiger charge is -2.15. The van der Waals surface area contributed by atoms with Gasteiger partial charge in [-0.05, 0) is 25.3 Å². The van der Waals surface area contributed by atoms with Crippen molar-refractivity contribution in [2.24, 2.45) is 0 Å². The van der Waals surface area contributed by atoms with Gasteiger partial charge in [0.25, 0.3) is 5.91 Å². The molecule has 0 aromatic heterocycles. The smallest absolute Gasteiger partial charge is 0.332 e. The van der Waals surface area contributed by atoms with E-state index in [-0.39, 0.29) is 30.4 Å². The van der Waals surface area contributed by atoms with Gasteiger partial charge >= 0.3 is 5.97 Å². The summed E-state index contributed by atoms with van der Waals surface area (Å²) in [5, 5.41) is 10.7. The molecular weight excluding hydrogens is 394 g/mol. The van der Waals surface area contributed by atoms with E-state index in [9.17, 15) is 18.4 Å². The third-order valence-electron chi connectivity index (χ3n) is 4.26. The lowest BCUT2D eigenvalue weighted by Crippen LogP contribution is -2.19. The van der Waals surface area contributed by atoms with Gasteiger partial charge in [-0.3, -0.25) is 4.79 Å². The van der Waals surface area contributed by atoms with E-state index in [0.29, 0.717) is 0 Å². The number of anilines is 1. The van der Waals surface area contributed by atoms with E-state index in [2.05, 4.69) is 4.74 Å². The number of carboxylic acids is 1. The zero-order chi connectivity index (χ0) is 27.3. The number of carbonyl (C=O) groups excluding carboxylic acids is 1. The van der Waals surface area contributed by atoms with Gasteiger partial charge in [-0.1, -0.05) is 18.1 Å². The molecule has 0 spiro atoms. The van der Waals surface area contributed by atoms with Crippen molar-refractivity contribution in [3.05, 3.63) is 58.6 Å². The van der Waals surface area contributed by atoms with E-state index in [4.69, 9.17) is 14.7 Å². The first-order chi connectivity index (χ1) is 16.6. The second kappa shape index (κ2) is 7.94. The summed E-state index contributed by atoms with van der Waals surface area (Å²) < 4.78 is 117. The van der Waals surface area contributed by atoms with Gasteiger partial charge in [0.05, 0.1) is 22.2 Å². The third kappa shape index (κ3) is 3.55. The number of benzene rings is 2. The summed E-state index contributed by atoms with van der Waals surface area (Å²) in [5.41, 5.74) is -5.33. The van der Waals surface area contributed by atoms with Crippen LogP contribution in [0.4, 0.5) is 23.2 Å². The zero-order valence-corrected chi connectivity index (χ0v) is 14.3. The van der Waals surface area contributed by atoms with E-state index >= 15 is 8.78 Å². The molecule has 5 nitrogen and oxygen atoms in total. The highest BCUT2D eigenvalue weighted by atomic mass is 19.2. The molecule has 2 aromatic rings. The van der Waals surface area contributed by atoms with Crippen molar-refractivity contribution >= 4 is 17.6 Å². The highest BCUT2D eigenvalue weighted by Gasteiger charge is 2.31. The Morgan fingerprint density at radius 3 is 2.31 bits per heavy atom. The first-order valence-corrected chi connectivity index (χ1v) is 8.00. The molecule has 1 aliphatic rings. The van der Waals surface area contributed by atoms with Crippen LogP contribution >= 0.6 is 0 Å². The van der Waals surface area contributed by atoms with Crippen LogP contribution < -0.4 is 10.1 Å². The molecule has 0 atom stereocenters. The summed E-state index contributed by atoms with van der Waals surface area (Å²) in [6.07, 6.45) is 0.155. The monoisotopic (exact) mass is 416 g/mol. The lowest BCUT2D eigenvalue weighted by molar-refractivity contribution is -0.133. The van der Waals surface area contributed by atoms with Crippen LogP contribution in [0.1, 0.15) is 28.9 Å². The number of para-hydroxylation sites is 1. The fourth-order valence-corrected chi connectivity index (χ4v) is 2.93. The summed E-state index contributed by atoms with van der Waals surface area (Å²) in [6, 6.07) is -4.61. The van der Waals surface area contributed by atoms with Crippen LogP contribution in [0, 0.1) is 23.3 Å². The van der Waals surface area contributed by atoms with Gasteiger partial charge in [-0.2, -0.15) is 0 Å². The minimum atomic E-state index is -3.39. The van der Waals surface area contributed by atoms with Gasteiger partial charge in [0.1, 0.15) is 11.4 Å². The van der Waals surface area contributed by atoms with Crippen molar-refractivity contribution in [2.45, 2.75) is 19.3 Å². The molecule has 0 saturated heterocycles. The zero-order valence-electron chi connectivity index (χ0n) is 21.3. The first kappa shape index (κ1) is 13.0. The Morgan fingerprint density at radius 2 is 1.69 bits per heavy atom. The van der Waals surface area contributed by atoms with Gasteiger partial charge in [-0.15, -0.1) is 0 Å². The molecule has 0 saturated carbocycles.